The van der Waals surface area contributed by atoms with Crippen LogP contribution in [0.4, 0.5) is 0 Å². The number of hydrogen-bond donors (Lipinski definition) is 0. The molecule has 0 spiro atoms. The summed E-state index contributed by atoms with van der Waals surface area (Å²) in [6, 6.07) is 17.3. The largest absolute Gasteiger partial charge is 0.298 e. The van der Waals surface area contributed by atoms with E-state index in [0.717, 1.165) is 5.56 Å². The third-order valence-corrected chi connectivity index (χ3v) is 6.32. The van der Waals surface area contributed by atoms with Crippen molar-refractivity contribution in [2.24, 2.45) is 0 Å². The minimum Gasteiger partial charge on any atom is -0.298 e. The Hall–Kier alpha value is -2.53. The van der Waals surface area contributed by atoms with Gasteiger partial charge in [-0.05, 0) is 50.0 Å². The monoisotopic (exact) mass is 384 g/mol. The molecule has 2 rings (SSSR count). The van der Waals surface area contributed by atoms with E-state index in [0.29, 0.717) is 12.8 Å². The number of sulfone groups is 1. The molecule has 0 fully saturated rings. The van der Waals surface area contributed by atoms with Gasteiger partial charge in [0.1, 0.15) is 5.25 Å². The molecule has 0 aromatic heterocycles. The second kappa shape index (κ2) is 9.97. The Labute approximate surface area is 160 Å². The molecule has 4 nitrogen and oxygen atoms in total. The van der Waals surface area contributed by atoms with Gasteiger partial charge >= 0.3 is 0 Å². The first-order valence-corrected chi connectivity index (χ1v) is 10.5. The molecule has 0 aliphatic carbocycles. The van der Waals surface area contributed by atoms with Crippen LogP contribution in [0.3, 0.4) is 0 Å². The van der Waals surface area contributed by atoms with Gasteiger partial charge in [-0.25, -0.2) is 8.42 Å². The summed E-state index contributed by atoms with van der Waals surface area (Å²) in [6.07, 6.45) is 4.57. The summed E-state index contributed by atoms with van der Waals surface area (Å²) in [6.45, 7) is 1.46. The molecule has 2 aromatic carbocycles. The fraction of sp³-hybridized carbons (Fsp3) is 0.273. The highest BCUT2D eigenvalue weighted by Crippen LogP contribution is 2.22. The zero-order valence-corrected chi connectivity index (χ0v) is 16.2. The molecule has 0 N–H and O–H groups in total. The highest BCUT2D eigenvalue weighted by Gasteiger charge is 2.33. The van der Waals surface area contributed by atoms with E-state index in [1.54, 1.807) is 24.3 Å². The fourth-order valence-corrected chi connectivity index (χ4v) is 4.54. The van der Waals surface area contributed by atoms with Gasteiger partial charge in [0.25, 0.3) is 0 Å². The number of unbranched alkanes of at least 4 members (excludes halogenated alkanes) is 1. The van der Waals surface area contributed by atoms with Crippen LogP contribution in [0.1, 0.15) is 31.7 Å². The maximum Gasteiger partial charge on any atom is 0.188 e. The Bertz CT molecular complexity index is 884. The molecule has 27 heavy (non-hydrogen) atoms. The number of carbonyl (C=O) groups excluding carboxylic acids is 2. The average molecular weight is 384 g/mol. The van der Waals surface area contributed by atoms with Crippen LogP contribution in [0, 0.1) is 0 Å². The Morgan fingerprint density at radius 2 is 1.56 bits per heavy atom. The fourth-order valence-electron chi connectivity index (χ4n) is 2.80. The van der Waals surface area contributed by atoms with Gasteiger partial charge in [-0.15, -0.1) is 0 Å². The molecule has 0 aliphatic heterocycles. The molecule has 0 heterocycles. The molecule has 0 amide bonds. The topological polar surface area (TPSA) is 68.3 Å². The number of rotatable bonds is 10. The van der Waals surface area contributed by atoms with Gasteiger partial charge < -0.3 is 0 Å². The van der Waals surface area contributed by atoms with Crippen molar-refractivity contribution in [2.45, 2.75) is 42.8 Å². The van der Waals surface area contributed by atoms with Gasteiger partial charge in [-0.1, -0.05) is 54.6 Å². The summed E-state index contributed by atoms with van der Waals surface area (Å²) in [4.78, 5) is 23.9. The standard InChI is InChI=1S/C22H24O4S/c1-18(23)11-5-2-10-16-21(24)22(17-19-12-6-3-7-13-19)27(25,26)20-14-8-4-9-15-20/h3-9,11-15,22H,2,10,16-17H2,1H3/b11-5+. The van der Waals surface area contributed by atoms with Crippen LogP contribution in [-0.2, 0) is 25.8 Å². The van der Waals surface area contributed by atoms with Crippen molar-refractivity contribution in [3.8, 4) is 0 Å². The van der Waals surface area contributed by atoms with Crippen LogP contribution in [-0.4, -0.2) is 25.2 Å². The third kappa shape index (κ3) is 6.29. The number of allylic oxidation sites excluding steroid dienone is 2. The highest BCUT2D eigenvalue weighted by molar-refractivity contribution is 7.92. The van der Waals surface area contributed by atoms with Crippen LogP contribution in [0.2, 0.25) is 0 Å². The second-order valence-electron chi connectivity index (χ2n) is 6.41. The molecule has 1 atom stereocenters. The van der Waals surface area contributed by atoms with Crippen molar-refractivity contribution in [1.82, 2.24) is 0 Å². The predicted octanol–water partition coefficient (Wildman–Crippen LogP) is 3.96. The molecule has 2 aromatic rings. The van der Waals surface area contributed by atoms with Crippen LogP contribution in [0.15, 0.2) is 77.7 Å². The second-order valence-corrected chi connectivity index (χ2v) is 8.54. The first-order chi connectivity index (χ1) is 12.9. The Balaban J connectivity index is 2.19. The number of Topliss-reactive ketones (excluding diaryl/α,β-unsaturated/α-hetero) is 1. The first kappa shape index (κ1) is 20.8. The van der Waals surface area contributed by atoms with Gasteiger partial charge in [0.15, 0.2) is 21.4 Å². The normalized spacial score (nSPS) is 12.8. The van der Waals surface area contributed by atoms with Crippen molar-refractivity contribution in [3.05, 3.63) is 78.4 Å². The lowest BCUT2D eigenvalue weighted by atomic mass is 10.0. The van der Waals surface area contributed by atoms with E-state index in [4.69, 9.17) is 0 Å². The van der Waals surface area contributed by atoms with Crippen molar-refractivity contribution in [1.29, 1.82) is 0 Å². The third-order valence-electron chi connectivity index (χ3n) is 4.22. The summed E-state index contributed by atoms with van der Waals surface area (Å²) in [5.74, 6) is -0.339. The number of carbonyl (C=O) groups is 2. The summed E-state index contributed by atoms with van der Waals surface area (Å²) < 4.78 is 26.2. The van der Waals surface area contributed by atoms with E-state index in [1.165, 1.54) is 25.1 Å². The molecule has 0 aliphatic rings. The van der Waals surface area contributed by atoms with Crippen LogP contribution in [0.5, 0.6) is 0 Å². The Morgan fingerprint density at radius 1 is 0.963 bits per heavy atom. The minimum atomic E-state index is -3.78. The summed E-state index contributed by atoms with van der Waals surface area (Å²) >= 11 is 0. The molecular formula is C22H24O4S. The maximum absolute atomic E-state index is 13.1. The molecular weight excluding hydrogens is 360 g/mol. The van der Waals surface area contributed by atoms with Gasteiger partial charge in [0.2, 0.25) is 0 Å². The van der Waals surface area contributed by atoms with Gasteiger partial charge in [0, 0.05) is 6.42 Å². The van der Waals surface area contributed by atoms with Gasteiger partial charge in [0.05, 0.1) is 4.90 Å². The molecule has 5 heteroatoms. The number of ketones is 2. The lowest BCUT2D eigenvalue weighted by Crippen LogP contribution is -2.32. The SMILES string of the molecule is CC(=O)/C=C/CCCC(=O)C(Cc1ccccc1)S(=O)(=O)c1ccccc1. The van der Waals surface area contributed by atoms with Crippen molar-refractivity contribution in [3.63, 3.8) is 0 Å². The van der Waals surface area contributed by atoms with Crippen molar-refractivity contribution in [2.75, 3.05) is 0 Å². The molecule has 0 saturated carbocycles. The van der Waals surface area contributed by atoms with Crippen molar-refractivity contribution >= 4 is 21.4 Å². The highest BCUT2D eigenvalue weighted by atomic mass is 32.2. The molecule has 0 bridgehead atoms. The minimum absolute atomic E-state index is 0.0464. The molecule has 0 saturated heterocycles. The number of hydrogen-bond acceptors (Lipinski definition) is 4. The van der Waals surface area contributed by atoms with Crippen LogP contribution >= 0.6 is 0 Å². The van der Waals surface area contributed by atoms with E-state index in [-0.39, 0.29) is 29.3 Å². The van der Waals surface area contributed by atoms with Crippen LogP contribution < -0.4 is 0 Å². The van der Waals surface area contributed by atoms with E-state index < -0.39 is 15.1 Å². The number of benzene rings is 2. The lowest BCUT2D eigenvalue weighted by molar-refractivity contribution is -0.118. The molecule has 1 unspecified atom stereocenters. The summed E-state index contributed by atoms with van der Waals surface area (Å²) in [5, 5.41) is -1.11. The quantitative estimate of drug-likeness (QED) is 0.459. The summed E-state index contributed by atoms with van der Waals surface area (Å²) in [5.41, 5.74) is 0.812. The van der Waals surface area contributed by atoms with Gasteiger partial charge in [-0.2, -0.15) is 0 Å². The lowest BCUT2D eigenvalue weighted by Gasteiger charge is -2.17. The van der Waals surface area contributed by atoms with E-state index in [2.05, 4.69) is 0 Å². The zero-order valence-electron chi connectivity index (χ0n) is 15.4. The zero-order chi connectivity index (χ0) is 19.7. The van der Waals surface area contributed by atoms with E-state index in [9.17, 15) is 18.0 Å². The Morgan fingerprint density at radius 3 is 2.15 bits per heavy atom. The van der Waals surface area contributed by atoms with E-state index >= 15 is 0 Å². The van der Waals surface area contributed by atoms with Gasteiger partial charge in [-0.3, -0.25) is 9.59 Å². The first-order valence-electron chi connectivity index (χ1n) is 8.94. The van der Waals surface area contributed by atoms with E-state index in [1.807, 2.05) is 30.3 Å². The average Bonchev–Trinajstić information content (AvgIpc) is 2.67. The molecule has 142 valence electrons. The van der Waals surface area contributed by atoms with Crippen molar-refractivity contribution < 1.29 is 18.0 Å². The summed E-state index contributed by atoms with van der Waals surface area (Å²) in [7, 11) is -3.78. The smallest absolute Gasteiger partial charge is 0.188 e. The maximum atomic E-state index is 13.1. The predicted molar refractivity (Wildman–Crippen MR) is 106 cm³/mol. The Kier molecular flexibility index (Phi) is 7.67. The molecule has 0 radical (unpaired) electrons. The van der Waals surface area contributed by atoms with Crippen LogP contribution in [0.25, 0.3) is 0 Å².